The van der Waals surface area contributed by atoms with E-state index in [9.17, 15) is 0 Å². The minimum Gasteiger partial charge on any atom is -0.570 e. The van der Waals surface area contributed by atoms with Crippen LogP contribution in [0, 0.1) is 6.61 Å². The van der Waals surface area contributed by atoms with Gasteiger partial charge < -0.3 is 4.74 Å². The van der Waals surface area contributed by atoms with Crippen molar-refractivity contribution >= 4 is 0 Å². The van der Waals surface area contributed by atoms with Crippen molar-refractivity contribution in [3.63, 3.8) is 0 Å². The first-order valence-electron chi connectivity index (χ1n) is 1.38. The molecule has 1 rings (SSSR count). The Morgan fingerprint density at radius 3 is 2.00 bits per heavy atom. The molecule has 1 atom stereocenters. The van der Waals surface area contributed by atoms with E-state index in [1.165, 1.54) is 0 Å². The van der Waals surface area contributed by atoms with Gasteiger partial charge >= 0.3 is 0 Å². The van der Waals surface area contributed by atoms with Crippen LogP contribution in [0.1, 0.15) is 6.92 Å². The van der Waals surface area contributed by atoms with E-state index in [0.29, 0.717) is 6.10 Å². The van der Waals surface area contributed by atoms with Gasteiger partial charge in [0.15, 0.2) is 0 Å². The minimum absolute atomic E-state index is 0. The van der Waals surface area contributed by atoms with Crippen LogP contribution in [0.3, 0.4) is 0 Å². The van der Waals surface area contributed by atoms with E-state index in [1.54, 1.807) is 6.61 Å². The van der Waals surface area contributed by atoms with Gasteiger partial charge in [0.1, 0.15) is 0 Å². The van der Waals surface area contributed by atoms with Crippen LogP contribution in [0.4, 0.5) is 0 Å². The quantitative estimate of drug-likeness (QED) is 0.359. The first kappa shape index (κ1) is 6.06. The van der Waals surface area contributed by atoms with Crippen molar-refractivity contribution in [3.8, 4) is 0 Å². The van der Waals surface area contributed by atoms with Crippen LogP contribution in [0.2, 0.25) is 0 Å². The summed E-state index contributed by atoms with van der Waals surface area (Å²) in [6.07, 6.45) is 0.458. The van der Waals surface area contributed by atoms with Gasteiger partial charge in [0.25, 0.3) is 0 Å². The van der Waals surface area contributed by atoms with E-state index >= 15 is 0 Å². The fourth-order valence-electron chi connectivity index (χ4n) is 0.0786. The van der Waals surface area contributed by atoms with Crippen LogP contribution in [-0.4, -0.2) is 6.10 Å². The molecule has 0 aromatic heterocycles. The molecule has 1 radical (unpaired) electrons. The van der Waals surface area contributed by atoms with Crippen molar-refractivity contribution in [3.05, 3.63) is 6.61 Å². The molecule has 0 amide bonds. The van der Waals surface area contributed by atoms with E-state index in [4.69, 9.17) is 0 Å². The fraction of sp³-hybridized carbons (Fsp3) is 0.667. The summed E-state index contributed by atoms with van der Waals surface area (Å²) in [4.78, 5) is 0. The van der Waals surface area contributed by atoms with Crippen LogP contribution >= 0.6 is 0 Å². The molecule has 1 fully saturated rings. The smallest absolute Gasteiger partial charge is 0 e. The van der Waals surface area contributed by atoms with Gasteiger partial charge in [-0.05, 0) is 0 Å². The number of ether oxygens (including phenoxy) is 1. The van der Waals surface area contributed by atoms with Crippen molar-refractivity contribution in [2.45, 2.75) is 13.0 Å². The van der Waals surface area contributed by atoms with Gasteiger partial charge in [-0.2, -0.15) is 6.61 Å². The molecule has 0 aromatic carbocycles. The predicted molar refractivity (Wildman–Crippen MR) is 14.8 cm³/mol. The molecule has 1 nitrogen and oxygen atoms in total. The van der Waals surface area contributed by atoms with E-state index < -0.39 is 0 Å². The van der Waals surface area contributed by atoms with Crippen molar-refractivity contribution in [1.82, 2.24) is 0 Å². The number of hydrogen-bond acceptors (Lipinski definition) is 1. The normalized spacial score (nSPS) is 31.8. The second kappa shape index (κ2) is 2.27. The summed E-state index contributed by atoms with van der Waals surface area (Å²) < 4.78 is 4.58. The van der Waals surface area contributed by atoms with Gasteiger partial charge in [-0.25, -0.2) is 0 Å². The predicted octanol–water partition coefficient (Wildman–Crippen LogP) is 0.564. The van der Waals surface area contributed by atoms with Gasteiger partial charge in [0.05, 0.1) is 0 Å². The average molecular weight is 146 g/mol. The Kier molecular flexibility index (Phi) is 2.76. The molecule has 1 aliphatic heterocycles. The molecular formula is C3H5OY-. The van der Waals surface area contributed by atoms with Crippen LogP contribution in [-0.2, 0) is 37.4 Å². The summed E-state index contributed by atoms with van der Waals surface area (Å²) in [6.45, 7) is 3.79. The Morgan fingerprint density at radius 2 is 2.00 bits per heavy atom. The zero-order chi connectivity index (χ0) is 2.99. The van der Waals surface area contributed by atoms with Crippen molar-refractivity contribution in [1.29, 1.82) is 0 Å². The van der Waals surface area contributed by atoms with E-state index in [0.717, 1.165) is 0 Å². The number of hydrogen-bond donors (Lipinski definition) is 0. The SMILES string of the molecule is CC1[CH-]O1.[Y]. The van der Waals surface area contributed by atoms with Crippen molar-refractivity contribution in [2.75, 3.05) is 0 Å². The maximum Gasteiger partial charge on any atom is 0 e. The Morgan fingerprint density at radius 1 is 1.80 bits per heavy atom. The molecule has 1 aliphatic rings. The van der Waals surface area contributed by atoms with Gasteiger partial charge in [-0.15, -0.1) is 0 Å². The topological polar surface area (TPSA) is 12.5 Å². The van der Waals surface area contributed by atoms with Gasteiger partial charge in [-0.3, -0.25) is 0 Å². The monoisotopic (exact) mass is 146 g/mol. The molecule has 0 aromatic rings. The van der Waals surface area contributed by atoms with Crippen LogP contribution in [0.5, 0.6) is 0 Å². The molecule has 1 heterocycles. The summed E-state index contributed by atoms with van der Waals surface area (Å²) in [5.74, 6) is 0. The summed E-state index contributed by atoms with van der Waals surface area (Å²) in [6, 6.07) is 0. The standard InChI is InChI=1S/C3H5O.Y/c1-3-2-4-3;/h2-3H,1H3;/q-1;. The van der Waals surface area contributed by atoms with Crippen LogP contribution in [0.15, 0.2) is 0 Å². The maximum atomic E-state index is 4.58. The Labute approximate surface area is 57.0 Å². The third-order valence-electron chi connectivity index (χ3n) is 0.408. The van der Waals surface area contributed by atoms with E-state index in [-0.39, 0.29) is 32.7 Å². The van der Waals surface area contributed by atoms with Crippen molar-refractivity contribution in [2.24, 2.45) is 0 Å². The molecule has 0 aliphatic carbocycles. The number of epoxide rings is 1. The Balaban J connectivity index is 0.000000160. The molecular weight excluding hydrogens is 141 g/mol. The van der Waals surface area contributed by atoms with E-state index in [1.807, 2.05) is 6.92 Å². The summed E-state index contributed by atoms with van der Waals surface area (Å²) in [5.41, 5.74) is 0. The summed E-state index contributed by atoms with van der Waals surface area (Å²) >= 11 is 0. The zero-order valence-corrected chi connectivity index (χ0v) is 5.98. The first-order chi connectivity index (χ1) is 1.89. The van der Waals surface area contributed by atoms with Crippen LogP contribution in [0.25, 0.3) is 0 Å². The molecule has 2 heteroatoms. The molecule has 1 saturated heterocycles. The number of rotatable bonds is 0. The second-order valence-corrected chi connectivity index (χ2v) is 0.977. The first-order valence-corrected chi connectivity index (χ1v) is 1.38. The summed E-state index contributed by atoms with van der Waals surface area (Å²) in [7, 11) is 0. The average Bonchev–Trinajstić information content (AvgIpc) is 1.75. The third-order valence-corrected chi connectivity index (χ3v) is 0.408. The van der Waals surface area contributed by atoms with E-state index in [2.05, 4.69) is 4.74 Å². The largest absolute Gasteiger partial charge is 0.570 e. The van der Waals surface area contributed by atoms with Crippen LogP contribution < -0.4 is 0 Å². The van der Waals surface area contributed by atoms with Gasteiger partial charge in [0.2, 0.25) is 0 Å². The second-order valence-electron chi connectivity index (χ2n) is 0.977. The molecule has 0 saturated carbocycles. The minimum atomic E-state index is 0. The molecule has 0 N–H and O–H groups in total. The fourth-order valence-corrected chi connectivity index (χ4v) is 0.0786. The maximum absolute atomic E-state index is 4.58. The molecule has 0 spiro atoms. The molecule has 1 unspecified atom stereocenters. The molecule has 0 bridgehead atoms. The van der Waals surface area contributed by atoms with Gasteiger partial charge in [0, 0.05) is 32.7 Å². The Bertz CT molecular complexity index is 26.1. The third kappa shape index (κ3) is 2.88. The van der Waals surface area contributed by atoms with Crippen molar-refractivity contribution < 1.29 is 37.4 Å². The zero-order valence-electron chi connectivity index (χ0n) is 3.14. The summed E-state index contributed by atoms with van der Waals surface area (Å²) in [5, 5.41) is 0. The Hall–Kier alpha value is 1.06. The molecule has 5 heavy (non-hydrogen) atoms. The molecule has 27 valence electrons. The van der Waals surface area contributed by atoms with Gasteiger partial charge in [-0.1, -0.05) is 13.0 Å².